The summed E-state index contributed by atoms with van der Waals surface area (Å²) in [6.07, 6.45) is -4.12. The van der Waals surface area contributed by atoms with Crippen LogP contribution in [0.25, 0.3) is 11.0 Å². The number of benzene rings is 2. The van der Waals surface area contributed by atoms with Crippen molar-refractivity contribution in [2.75, 3.05) is 0 Å². The molecule has 3 rings (SSSR count). The van der Waals surface area contributed by atoms with Gasteiger partial charge in [-0.25, -0.2) is 0 Å². The quantitative estimate of drug-likeness (QED) is 0.338. The lowest BCUT2D eigenvalue weighted by Crippen LogP contribution is -2.05. The molecule has 1 aromatic heterocycles. The molecule has 1 N–H and O–H groups in total. The maximum Gasteiger partial charge on any atom is 0.416 e. The zero-order valence-corrected chi connectivity index (χ0v) is 18.2. The number of aromatic hydroxyl groups is 1. The van der Waals surface area contributed by atoms with Crippen molar-refractivity contribution >= 4 is 61.4 Å². The number of alkyl halides is 3. The Morgan fingerprint density at radius 3 is 2.27 bits per heavy atom. The highest BCUT2D eigenvalue weighted by molar-refractivity contribution is 9.69. The zero-order chi connectivity index (χ0) is 19.5. The van der Waals surface area contributed by atoms with E-state index in [0.717, 1.165) is 17.7 Å². The van der Waals surface area contributed by atoms with E-state index in [0.29, 0.717) is 22.3 Å². The molecule has 0 atom stereocenters. The summed E-state index contributed by atoms with van der Waals surface area (Å²) >= 11 is 9.31. The molecule has 26 heavy (non-hydrogen) atoms. The van der Waals surface area contributed by atoms with Gasteiger partial charge < -0.3 is 9.52 Å². The Morgan fingerprint density at radius 1 is 1.08 bits per heavy atom. The normalized spacial score (nSPS) is 11.2. The highest BCUT2D eigenvalue weighted by Crippen LogP contribution is 2.34. The fourth-order valence-corrected chi connectivity index (χ4v) is 2.54. The molecule has 0 radical (unpaired) electrons. The lowest BCUT2D eigenvalue weighted by atomic mass is 10.0. The summed E-state index contributed by atoms with van der Waals surface area (Å²) in [5, 5.41) is 10.5. The van der Waals surface area contributed by atoms with Crippen LogP contribution < -0.4 is 0 Å². The van der Waals surface area contributed by atoms with E-state index in [1.54, 1.807) is 31.2 Å². The maximum absolute atomic E-state index is 12.7. The van der Waals surface area contributed by atoms with Gasteiger partial charge in [-0.15, -0.1) is 47.3 Å². The summed E-state index contributed by atoms with van der Waals surface area (Å²) in [4.78, 5) is 0. The Bertz CT molecular complexity index is 892. The molecule has 0 aliphatic carbocycles. The second-order valence-electron chi connectivity index (χ2n) is 5.42. The van der Waals surface area contributed by atoms with Gasteiger partial charge in [-0.3, -0.25) is 0 Å². The second kappa shape index (κ2) is 8.84. The second-order valence-corrected chi connectivity index (χ2v) is 11.9. The number of rotatable bonds is 2. The van der Waals surface area contributed by atoms with Crippen LogP contribution in [0.1, 0.15) is 22.5 Å². The average molecular weight is 557 g/mol. The predicted octanol–water partition coefficient (Wildman–Crippen LogP) is 7.21. The third-order valence-corrected chi connectivity index (χ3v) is 3.65. The molecular formula is C17H13BBr3F3O2. The van der Waals surface area contributed by atoms with Gasteiger partial charge in [0.1, 0.15) is 17.1 Å². The van der Waals surface area contributed by atoms with Crippen LogP contribution in [-0.2, 0) is 12.6 Å². The first kappa shape index (κ1) is 21.4. The number of hydrogen-bond donors (Lipinski definition) is 1. The Balaban J connectivity index is 0.000000552. The molecule has 138 valence electrons. The Kier molecular flexibility index (Phi) is 7.27. The van der Waals surface area contributed by atoms with Crippen molar-refractivity contribution in [2.45, 2.75) is 19.5 Å². The Morgan fingerprint density at radius 2 is 1.69 bits per heavy atom. The molecule has 3 aromatic rings. The molecule has 2 aromatic carbocycles. The molecule has 0 amide bonds. The van der Waals surface area contributed by atoms with E-state index >= 15 is 0 Å². The van der Waals surface area contributed by atoms with Gasteiger partial charge in [0.05, 0.1) is 10.9 Å². The largest absolute Gasteiger partial charge is 0.507 e. The van der Waals surface area contributed by atoms with Gasteiger partial charge in [0.25, 0.3) is 0 Å². The number of halogens is 6. The average Bonchev–Trinajstić information content (AvgIpc) is 2.84. The smallest absolute Gasteiger partial charge is 0.416 e. The van der Waals surface area contributed by atoms with Gasteiger partial charge in [-0.05, 0) is 30.7 Å². The minimum Gasteiger partial charge on any atom is -0.507 e. The van der Waals surface area contributed by atoms with Crippen molar-refractivity contribution in [1.82, 2.24) is 0 Å². The monoisotopic (exact) mass is 554 g/mol. The molecule has 2 nitrogen and oxygen atoms in total. The first-order valence-electron chi connectivity index (χ1n) is 7.38. The number of hydrogen-bond acceptors (Lipinski definition) is 2. The summed E-state index contributed by atoms with van der Waals surface area (Å²) < 4.78 is 44.2. The number of phenolic OH excluding ortho intramolecular Hbond substituents is 1. The van der Waals surface area contributed by atoms with Crippen molar-refractivity contribution in [3.63, 3.8) is 0 Å². The minimum atomic E-state index is -4.36. The van der Waals surface area contributed by atoms with E-state index in [1.807, 2.05) is 0 Å². The molecule has 1 heterocycles. The van der Waals surface area contributed by atoms with E-state index in [1.165, 1.54) is 6.07 Å². The van der Waals surface area contributed by atoms with Gasteiger partial charge in [0.2, 0.25) is 0 Å². The van der Waals surface area contributed by atoms with Crippen LogP contribution in [0.4, 0.5) is 13.2 Å². The number of aryl methyl sites for hydroxylation is 1. The first-order valence-corrected chi connectivity index (χ1v) is 10.1. The molecule has 0 fully saturated rings. The molecule has 0 saturated heterocycles. The number of phenols is 1. The highest BCUT2D eigenvalue weighted by atomic mass is 79.9. The molecule has 0 saturated carbocycles. The standard InChI is InChI=1S/C17H13F3O2.BBr3/c1-10-15(22-14-7-3-6-13(21)16(10)14)9-11-4-2-5-12(8-11)17(18,19)20;2-1(3)4/h2-8,21H,9H2,1H3;. The highest BCUT2D eigenvalue weighted by Gasteiger charge is 2.30. The molecular weight excluding hydrogens is 544 g/mol. The van der Waals surface area contributed by atoms with E-state index < -0.39 is 11.7 Å². The van der Waals surface area contributed by atoms with E-state index in [4.69, 9.17) is 4.42 Å². The summed E-state index contributed by atoms with van der Waals surface area (Å²) in [5.41, 5.74) is 1.10. The topological polar surface area (TPSA) is 33.4 Å². The zero-order valence-electron chi connectivity index (χ0n) is 13.4. The Labute approximate surface area is 173 Å². The van der Waals surface area contributed by atoms with Crippen molar-refractivity contribution < 1.29 is 22.7 Å². The Hall–Kier alpha value is -0.925. The summed E-state index contributed by atoms with van der Waals surface area (Å²) in [7, 11) is 0. The van der Waals surface area contributed by atoms with Crippen LogP contribution in [0.15, 0.2) is 46.9 Å². The van der Waals surface area contributed by atoms with Gasteiger partial charge >= 0.3 is 9.36 Å². The van der Waals surface area contributed by atoms with E-state index in [2.05, 4.69) is 47.3 Å². The number of furan rings is 1. The lowest BCUT2D eigenvalue weighted by Gasteiger charge is -2.08. The predicted molar refractivity (Wildman–Crippen MR) is 109 cm³/mol. The SMILES string of the molecule is BrB(Br)Br.Cc1c(Cc2cccc(C(F)(F)F)c2)oc2cccc(O)c12. The van der Waals surface area contributed by atoms with Crippen molar-refractivity contribution in [3.8, 4) is 5.75 Å². The molecule has 0 bridgehead atoms. The van der Waals surface area contributed by atoms with Crippen LogP contribution in [0.3, 0.4) is 0 Å². The van der Waals surface area contributed by atoms with Crippen LogP contribution in [0.5, 0.6) is 5.75 Å². The van der Waals surface area contributed by atoms with Crippen LogP contribution >= 0.6 is 47.3 Å². The molecule has 0 aliphatic rings. The van der Waals surface area contributed by atoms with Gasteiger partial charge in [0.15, 0.2) is 0 Å². The summed E-state index contributed by atoms with van der Waals surface area (Å²) in [5.74, 6) is 0.657. The fourth-order valence-electron chi connectivity index (χ4n) is 2.54. The van der Waals surface area contributed by atoms with Gasteiger partial charge in [0, 0.05) is 12.0 Å². The maximum atomic E-state index is 12.7. The third-order valence-electron chi connectivity index (χ3n) is 3.65. The molecule has 0 aliphatic heterocycles. The van der Waals surface area contributed by atoms with Crippen molar-refractivity contribution in [3.05, 3.63) is 64.9 Å². The summed E-state index contributed by atoms with van der Waals surface area (Å²) in [6.45, 7) is 1.79. The third kappa shape index (κ3) is 5.53. The van der Waals surface area contributed by atoms with Gasteiger partial charge in [-0.2, -0.15) is 13.2 Å². The van der Waals surface area contributed by atoms with Crippen molar-refractivity contribution in [2.24, 2.45) is 0 Å². The van der Waals surface area contributed by atoms with Gasteiger partial charge in [-0.1, -0.05) is 24.3 Å². The molecule has 9 heteroatoms. The van der Waals surface area contributed by atoms with Crippen LogP contribution in [0, 0.1) is 6.92 Å². The van der Waals surface area contributed by atoms with E-state index in [-0.39, 0.29) is 15.4 Å². The fraction of sp³-hybridized carbons (Fsp3) is 0.176. The van der Waals surface area contributed by atoms with Crippen molar-refractivity contribution in [1.29, 1.82) is 0 Å². The lowest BCUT2D eigenvalue weighted by molar-refractivity contribution is -0.137. The molecule has 0 unspecified atom stereocenters. The van der Waals surface area contributed by atoms with Crippen LogP contribution in [0.2, 0.25) is 0 Å². The molecule has 0 spiro atoms. The number of fused-ring (bicyclic) bond motifs is 1. The first-order chi connectivity index (χ1) is 12.1. The summed E-state index contributed by atoms with van der Waals surface area (Å²) in [6, 6.07) is 10.1. The van der Waals surface area contributed by atoms with Crippen LogP contribution in [-0.4, -0.2) is 8.29 Å². The van der Waals surface area contributed by atoms with E-state index in [9.17, 15) is 18.3 Å². The minimum absolute atomic E-state index is 0.106.